The molecule has 0 N–H and O–H groups in total. The lowest BCUT2D eigenvalue weighted by Crippen LogP contribution is -1.90. The Labute approximate surface area is 190 Å². The normalized spacial score (nSPS) is 12.0. The third kappa shape index (κ3) is 5.86. The minimum absolute atomic E-state index is 1.29. The lowest BCUT2D eigenvalue weighted by atomic mass is 9.99. The predicted molar refractivity (Wildman–Crippen MR) is 139 cm³/mol. The number of thiophene rings is 3. The van der Waals surface area contributed by atoms with Crippen LogP contribution in [0, 0.1) is 13.8 Å². The molecular weight excluding hydrogens is 408 g/mol. The summed E-state index contributed by atoms with van der Waals surface area (Å²) < 4.78 is 3.18. The Bertz CT molecular complexity index is 806. The van der Waals surface area contributed by atoms with Gasteiger partial charge in [-0.2, -0.15) is 0 Å². The van der Waals surface area contributed by atoms with Gasteiger partial charge < -0.3 is 0 Å². The molecule has 162 valence electrons. The summed E-state index contributed by atoms with van der Waals surface area (Å²) in [6, 6.07) is 0. The Balaban J connectivity index is 1.72. The maximum absolute atomic E-state index is 2.36. The average molecular weight is 449 g/mol. The lowest BCUT2D eigenvalue weighted by Gasteiger charge is -2.05. The second-order valence-corrected chi connectivity index (χ2v) is 12.7. The highest BCUT2D eigenvalue weighted by molar-refractivity contribution is 7.49. The van der Waals surface area contributed by atoms with Gasteiger partial charge in [0.15, 0.2) is 0 Å². The molecule has 0 aliphatic heterocycles. The smallest absolute Gasteiger partial charge is 0.0892 e. The van der Waals surface area contributed by atoms with Gasteiger partial charge in [0, 0.05) is 20.5 Å². The highest BCUT2D eigenvalue weighted by Crippen LogP contribution is 2.48. The number of hydrogen-bond acceptors (Lipinski definition) is 3. The van der Waals surface area contributed by atoms with E-state index >= 15 is 0 Å². The molecule has 0 unspecified atom stereocenters. The fourth-order valence-corrected chi connectivity index (χ4v) is 9.03. The first-order valence-corrected chi connectivity index (χ1v) is 14.5. The molecule has 3 heteroatoms. The number of fused-ring (bicyclic) bond motifs is 3. The molecule has 3 rings (SSSR count). The molecule has 0 fully saturated rings. The molecule has 0 atom stereocenters. The van der Waals surface area contributed by atoms with Crippen molar-refractivity contribution in [3.05, 3.63) is 20.9 Å². The number of aryl methyl sites for hydroxylation is 4. The molecule has 0 aliphatic carbocycles. The van der Waals surface area contributed by atoms with Crippen molar-refractivity contribution in [2.45, 2.75) is 118 Å². The molecule has 0 saturated carbocycles. The summed E-state index contributed by atoms with van der Waals surface area (Å²) in [7, 11) is 0. The summed E-state index contributed by atoms with van der Waals surface area (Å²) in [6.45, 7) is 9.34. The van der Waals surface area contributed by atoms with E-state index in [2.05, 4.69) is 61.7 Å². The monoisotopic (exact) mass is 448 g/mol. The Hall–Kier alpha value is -0.380. The van der Waals surface area contributed by atoms with Gasteiger partial charge in [0.25, 0.3) is 0 Å². The first-order valence-electron chi connectivity index (χ1n) is 12.1. The van der Waals surface area contributed by atoms with Gasteiger partial charge >= 0.3 is 0 Å². The maximum atomic E-state index is 2.36. The molecular formula is C26H40S3. The van der Waals surface area contributed by atoms with Gasteiger partial charge in [-0.05, 0) is 50.7 Å². The Morgan fingerprint density at radius 1 is 0.483 bits per heavy atom. The van der Waals surface area contributed by atoms with Crippen molar-refractivity contribution in [2.75, 3.05) is 0 Å². The molecule has 0 spiro atoms. The summed E-state index contributed by atoms with van der Waals surface area (Å²) in [5.74, 6) is 0. The van der Waals surface area contributed by atoms with Crippen LogP contribution in [0.4, 0.5) is 0 Å². The zero-order valence-corrected chi connectivity index (χ0v) is 21.6. The minimum atomic E-state index is 1.29. The summed E-state index contributed by atoms with van der Waals surface area (Å²) in [6.07, 6.45) is 19.3. The average Bonchev–Trinajstić information content (AvgIpc) is 3.29. The van der Waals surface area contributed by atoms with E-state index in [4.69, 9.17) is 0 Å². The van der Waals surface area contributed by atoms with Crippen molar-refractivity contribution in [3.8, 4) is 0 Å². The van der Waals surface area contributed by atoms with Crippen molar-refractivity contribution in [1.82, 2.24) is 0 Å². The van der Waals surface area contributed by atoms with Crippen LogP contribution >= 0.6 is 34.0 Å². The van der Waals surface area contributed by atoms with Crippen molar-refractivity contribution in [2.24, 2.45) is 0 Å². The van der Waals surface area contributed by atoms with Crippen LogP contribution in [0.15, 0.2) is 0 Å². The van der Waals surface area contributed by atoms with Crippen molar-refractivity contribution < 1.29 is 0 Å². The second kappa shape index (κ2) is 11.9. The fourth-order valence-electron chi connectivity index (χ4n) is 4.60. The maximum Gasteiger partial charge on any atom is 0.0892 e. The van der Waals surface area contributed by atoms with Gasteiger partial charge in [-0.1, -0.05) is 78.1 Å². The standard InChI is InChI=1S/C26H40S3/c1-5-7-9-11-13-15-17-21-19(3)27-25-23(21)24-22(20(4)28-26(24)29-25)18-16-14-12-10-8-6-2/h5-18H2,1-4H3. The first kappa shape index (κ1) is 23.3. The van der Waals surface area contributed by atoms with Crippen LogP contribution in [0.25, 0.3) is 18.8 Å². The van der Waals surface area contributed by atoms with Crippen LogP contribution in [-0.4, -0.2) is 0 Å². The van der Waals surface area contributed by atoms with E-state index < -0.39 is 0 Å². The van der Waals surface area contributed by atoms with Crippen LogP contribution in [-0.2, 0) is 12.8 Å². The van der Waals surface area contributed by atoms with E-state index in [1.807, 2.05) is 0 Å². The van der Waals surface area contributed by atoms with E-state index in [0.717, 1.165) is 0 Å². The third-order valence-electron chi connectivity index (χ3n) is 6.35. The molecule has 0 aromatic carbocycles. The number of hydrogen-bond donors (Lipinski definition) is 0. The van der Waals surface area contributed by atoms with Gasteiger partial charge in [-0.15, -0.1) is 34.0 Å². The van der Waals surface area contributed by atoms with Crippen molar-refractivity contribution >= 4 is 52.8 Å². The van der Waals surface area contributed by atoms with E-state index in [1.165, 1.54) is 89.9 Å². The quantitative estimate of drug-likeness (QED) is 0.215. The van der Waals surface area contributed by atoms with Gasteiger partial charge in [0.05, 0.1) is 8.03 Å². The topological polar surface area (TPSA) is 0 Å². The molecule has 0 saturated heterocycles. The highest BCUT2D eigenvalue weighted by Gasteiger charge is 2.20. The molecule has 0 radical (unpaired) electrons. The van der Waals surface area contributed by atoms with Crippen LogP contribution in [0.5, 0.6) is 0 Å². The van der Waals surface area contributed by atoms with Gasteiger partial charge in [0.2, 0.25) is 0 Å². The SMILES string of the molecule is CCCCCCCCc1c(C)sc2sc3sc(C)c(CCCCCCCC)c3c12. The van der Waals surface area contributed by atoms with E-state index in [-0.39, 0.29) is 0 Å². The van der Waals surface area contributed by atoms with Crippen LogP contribution in [0.3, 0.4) is 0 Å². The highest BCUT2D eigenvalue weighted by atomic mass is 32.2. The lowest BCUT2D eigenvalue weighted by molar-refractivity contribution is 0.607. The molecule has 3 aromatic rings. The van der Waals surface area contributed by atoms with E-state index in [9.17, 15) is 0 Å². The summed E-state index contributed by atoms with van der Waals surface area (Å²) in [5.41, 5.74) is 3.38. The summed E-state index contributed by atoms with van der Waals surface area (Å²) in [4.78, 5) is 3.16. The Morgan fingerprint density at radius 2 is 0.862 bits per heavy atom. The number of rotatable bonds is 14. The largest absolute Gasteiger partial charge is 0.129 e. The Kier molecular flexibility index (Phi) is 9.53. The first-order chi connectivity index (χ1) is 14.2. The molecule has 0 aliphatic rings. The van der Waals surface area contributed by atoms with Gasteiger partial charge in [0.1, 0.15) is 0 Å². The molecule has 3 aromatic heterocycles. The predicted octanol–water partition coefficient (Wildman–Crippen LogP) is 10.6. The minimum Gasteiger partial charge on any atom is -0.129 e. The summed E-state index contributed by atoms with van der Waals surface area (Å²) >= 11 is 6.19. The van der Waals surface area contributed by atoms with Gasteiger partial charge in [-0.3, -0.25) is 0 Å². The second-order valence-electron chi connectivity index (χ2n) is 8.74. The number of unbranched alkanes of at least 4 members (excludes halogenated alkanes) is 10. The summed E-state index contributed by atoms with van der Waals surface area (Å²) in [5, 5.41) is 3.32. The van der Waals surface area contributed by atoms with Crippen LogP contribution in [0.2, 0.25) is 0 Å². The Morgan fingerprint density at radius 3 is 1.28 bits per heavy atom. The van der Waals surface area contributed by atoms with Crippen molar-refractivity contribution in [3.63, 3.8) is 0 Å². The molecule has 0 bridgehead atoms. The zero-order valence-electron chi connectivity index (χ0n) is 19.1. The molecule has 0 nitrogen and oxygen atoms in total. The van der Waals surface area contributed by atoms with E-state index in [1.54, 1.807) is 39.7 Å². The fraction of sp³-hybridized carbons (Fsp3) is 0.692. The molecule has 29 heavy (non-hydrogen) atoms. The van der Waals surface area contributed by atoms with Crippen LogP contribution < -0.4 is 0 Å². The molecule has 0 amide bonds. The van der Waals surface area contributed by atoms with Crippen LogP contribution in [0.1, 0.15) is 112 Å². The molecule has 3 heterocycles. The van der Waals surface area contributed by atoms with Crippen molar-refractivity contribution in [1.29, 1.82) is 0 Å². The third-order valence-corrected chi connectivity index (χ3v) is 10.0. The van der Waals surface area contributed by atoms with Gasteiger partial charge in [-0.25, -0.2) is 0 Å². The zero-order chi connectivity index (χ0) is 20.6. The van der Waals surface area contributed by atoms with E-state index in [0.29, 0.717) is 0 Å².